The first-order valence-electron chi connectivity index (χ1n) is 13.3. The molecule has 172 valence electrons. The van der Waals surface area contributed by atoms with Gasteiger partial charge in [0.15, 0.2) is 0 Å². The smallest absolute Gasteiger partial charge is 0.216 e. The van der Waals surface area contributed by atoms with Crippen LogP contribution in [0.5, 0.6) is 0 Å². The summed E-state index contributed by atoms with van der Waals surface area (Å²) in [5.74, 6) is 5.38. The van der Waals surface area contributed by atoms with Gasteiger partial charge in [0.05, 0.1) is 0 Å². The minimum atomic E-state index is -0.268. The summed E-state index contributed by atoms with van der Waals surface area (Å²) in [7, 11) is 0. The predicted octanol–water partition coefficient (Wildman–Crippen LogP) is 7.75. The Morgan fingerprint density at radius 2 is 1.57 bits per heavy atom. The van der Waals surface area contributed by atoms with Gasteiger partial charge in [0.2, 0.25) is 6.04 Å². The van der Waals surface area contributed by atoms with Crippen molar-refractivity contribution in [2.24, 2.45) is 52.3 Å². The maximum absolute atomic E-state index is 11.8. The molecule has 3 nitrogen and oxygen atoms in total. The van der Waals surface area contributed by atoms with Crippen molar-refractivity contribution in [2.45, 2.75) is 118 Å². The molecule has 0 heterocycles. The molecule has 0 saturated heterocycles. The van der Waals surface area contributed by atoms with E-state index in [9.17, 15) is 10.1 Å². The van der Waals surface area contributed by atoms with Gasteiger partial charge in [-0.15, -0.1) is 0 Å². The van der Waals surface area contributed by atoms with Gasteiger partial charge in [-0.05, 0) is 97.7 Å². The van der Waals surface area contributed by atoms with Gasteiger partial charge < -0.3 is 0 Å². The molecule has 0 N–H and O–H groups in total. The van der Waals surface area contributed by atoms with Crippen LogP contribution in [-0.2, 0) is 0 Å². The van der Waals surface area contributed by atoms with E-state index in [4.69, 9.17) is 0 Å². The molecule has 0 aromatic heterocycles. The van der Waals surface area contributed by atoms with Gasteiger partial charge in [0.25, 0.3) is 0 Å². The van der Waals surface area contributed by atoms with Crippen molar-refractivity contribution in [3.63, 3.8) is 0 Å². The van der Waals surface area contributed by atoms with Crippen molar-refractivity contribution in [3.05, 3.63) is 10.1 Å². The summed E-state index contributed by atoms with van der Waals surface area (Å²) in [6.45, 7) is 12.4. The van der Waals surface area contributed by atoms with Crippen LogP contribution in [0.3, 0.4) is 0 Å². The van der Waals surface area contributed by atoms with Crippen LogP contribution in [0.25, 0.3) is 0 Å². The lowest BCUT2D eigenvalue weighted by Gasteiger charge is -2.60. The minimum absolute atomic E-state index is 0.0831. The molecule has 4 aliphatic rings. The molecule has 4 rings (SSSR count). The molecule has 3 heteroatoms. The van der Waals surface area contributed by atoms with Crippen molar-refractivity contribution in [1.82, 2.24) is 0 Å². The van der Waals surface area contributed by atoms with Crippen molar-refractivity contribution in [1.29, 1.82) is 0 Å². The largest absolute Gasteiger partial charge is 0.264 e. The normalized spacial score (nSPS) is 46.7. The second-order valence-electron chi connectivity index (χ2n) is 12.8. The number of fused-ring (bicyclic) bond motifs is 5. The highest BCUT2D eigenvalue weighted by atomic mass is 16.6. The summed E-state index contributed by atoms with van der Waals surface area (Å²) in [4.78, 5) is 11.9. The van der Waals surface area contributed by atoms with Crippen LogP contribution in [0, 0.1) is 62.4 Å². The molecule has 4 saturated carbocycles. The van der Waals surface area contributed by atoms with Crippen LogP contribution in [0.15, 0.2) is 0 Å². The third-order valence-corrected chi connectivity index (χ3v) is 11.1. The fraction of sp³-hybridized carbons (Fsp3) is 1.00. The van der Waals surface area contributed by atoms with Crippen molar-refractivity contribution in [2.75, 3.05) is 0 Å². The molecule has 30 heavy (non-hydrogen) atoms. The Hall–Kier alpha value is -0.600. The van der Waals surface area contributed by atoms with Crippen LogP contribution in [0.1, 0.15) is 112 Å². The molecule has 0 aliphatic heterocycles. The van der Waals surface area contributed by atoms with E-state index in [1.165, 1.54) is 57.8 Å². The summed E-state index contributed by atoms with van der Waals surface area (Å²) in [5, 5.41) is 11.8. The molecule has 0 unspecified atom stereocenters. The van der Waals surface area contributed by atoms with Gasteiger partial charge in [-0.25, -0.2) is 0 Å². The van der Waals surface area contributed by atoms with Gasteiger partial charge in [-0.2, -0.15) is 0 Å². The quantitative estimate of drug-likeness (QED) is 0.327. The molecule has 0 spiro atoms. The van der Waals surface area contributed by atoms with Crippen LogP contribution >= 0.6 is 0 Å². The first-order valence-corrected chi connectivity index (χ1v) is 13.3. The van der Waals surface area contributed by atoms with Crippen LogP contribution in [0.4, 0.5) is 0 Å². The van der Waals surface area contributed by atoms with E-state index in [0.717, 1.165) is 54.8 Å². The number of hydrogen-bond acceptors (Lipinski definition) is 2. The third-order valence-electron chi connectivity index (χ3n) is 11.1. The Labute approximate surface area is 185 Å². The summed E-state index contributed by atoms with van der Waals surface area (Å²) in [5.41, 5.74) is 0.750. The van der Waals surface area contributed by atoms with Crippen LogP contribution < -0.4 is 0 Å². The summed E-state index contributed by atoms with van der Waals surface area (Å²) in [6, 6.07) is -0.268. The number of hydrogen-bond donors (Lipinski definition) is 0. The molecule has 4 fully saturated rings. The Morgan fingerprint density at radius 1 is 0.867 bits per heavy atom. The fourth-order valence-electron chi connectivity index (χ4n) is 9.66. The second kappa shape index (κ2) is 8.39. The van der Waals surface area contributed by atoms with Crippen molar-refractivity contribution < 1.29 is 4.92 Å². The summed E-state index contributed by atoms with van der Waals surface area (Å²) >= 11 is 0. The van der Waals surface area contributed by atoms with E-state index in [0.29, 0.717) is 11.3 Å². The molecule has 9 atom stereocenters. The molecule has 0 bridgehead atoms. The molecule has 0 radical (unpaired) electrons. The van der Waals surface area contributed by atoms with Gasteiger partial charge in [0, 0.05) is 17.3 Å². The number of rotatable bonds is 6. The Bertz CT molecular complexity index is 632. The van der Waals surface area contributed by atoms with Crippen molar-refractivity contribution in [3.8, 4) is 0 Å². The molecule has 4 aliphatic carbocycles. The van der Waals surface area contributed by atoms with E-state index < -0.39 is 0 Å². The number of nitro groups is 1. The Kier molecular flexibility index (Phi) is 6.32. The third kappa shape index (κ3) is 3.64. The zero-order chi connectivity index (χ0) is 21.7. The highest BCUT2D eigenvalue weighted by Gasteiger charge is 2.62. The highest BCUT2D eigenvalue weighted by Crippen LogP contribution is 2.68. The second-order valence-corrected chi connectivity index (χ2v) is 12.8. The van der Waals surface area contributed by atoms with Crippen molar-refractivity contribution >= 4 is 0 Å². The molecular weight excluding hydrogens is 370 g/mol. The van der Waals surface area contributed by atoms with E-state index in [2.05, 4.69) is 34.6 Å². The maximum atomic E-state index is 11.8. The molecule has 0 aromatic carbocycles. The van der Waals surface area contributed by atoms with Crippen LogP contribution in [-0.4, -0.2) is 11.0 Å². The molecule has 0 aromatic rings. The lowest BCUT2D eigenvalue weighted by molar-refractivity contribution is -0.543. The summed E-state index contributed by atoms with van der Waals surface area (Å²) < 4.78 is 0. The van der Waals surface area contributed by atoms with E-state index in [1.54, 1.807) is 0 Å². The zero-order valence-electron chi connectivity index (χ0n) is 20.4. The summed E-state index contributed by atoms with van der Waals surface area (Å²) in [6.07, 6.45) is 15.3. The average molecular weight is 418 g/mol. The maximum Gasteiger partial charge on any atom is 0.216 e. The zero-order valence-corrected chi connectivity index (χ0v) is 20.4. The minimum Gasteiger partial charge on any atom is -0.264 e. The monoisotopic (exact) mass is 417 g/mol. The average Bonchev–Trinajstić information content (AvgIpc) is 3.03. The standard InChI is InChI=1S/C27H47NO2/c1-18(2)8-6-9-19(3)21-13-14-22-20-11-12-24-25(28(29)30)10-7-16-26(24,4)23(20)15-17-27(21,22)5/h18-25H,6-17H2,1-5H3/t19-,20+,21-,22+,23+,24+,25-,26-,27-/m1/s1. The van der Waals surface area contributed by atoms with Gasteiger partial charge >= 0.3 is 0 Å². The SMILES string of the molecule is CC(C)CCC[C@@H](C)[C@H]1CC[C@H]2[C@@H]3CC[C@H]4[C@H]([N+](=O)[O-])CCC[C@]4(C)[C@H]3CC[C@]12C. The Morgan fingerprint density at radius 3 is 2.27 bits per heavy atom. The van der Waals surface area contributed by atoms with E-state index in [1.807, 2.05) is 0 Å². The van der Waals surface area contributed by atoms with E-state index in [-0.39, 0.29) is 16.4 Å². The van der Waals surface area contributed by atoms with Crippen LogP contribution in [0.2, 0.25) is 0 Å². The number of nitrogens with zero attached hydrogens (tertiary/aromatic N) is 1. The van der Waals surface area contributed by atoms with E-state index >= 15 is 0 Å². The lowest BCUT2D eigenvalue weighted by atomic mass is 9.44. The Balaban J connectivity index is 1.49. The van der Waals surface area contributed by atoms with Gasteiger partial charge in [0.1, 0.15) is 0 Å². The lowest BCUT2D eigenvalue weighted by Crippen LogP contribution is -2.56. The molecule has 0 amide bonds. The van der Waals surface area contributed by atoms with Gasteiger partial charge in [-0.1, -0.05) is 53.9 Å². The fourth-order valence-corrected chi connectivity index (χ4v) is 9.66. The first kappa shape index (κ1) is 22.6. The molecular formula is C27H47NO2. The topological polar surface area (TPSA) is 43.1 Å². The van der Waals surface area contributed by atoms with Gasteiger partial charge in [-0.3, -0.25) is 10.1 Å². The first-order chi connectivity index (χ1) is 14.2. The predicted molar refractivity (Wildman–Crippen MR) is 124 cm³/mol. The highest BCUT2D eigenvalue weighted by molar-refractivity contribution is 5.10.